The molecule has 1 heterocycles. The summed E-state index contributed by atoms with van der Waals surface area (Å²) in [6, 6.07) is 14.6. The number of piperidine rings is 1. The van der Waals surface area contributed by atoms with E-state index in [9.17, 15) is 9.18 Å². The molecule has 1 aliphatic rings. The summed E-state index contributed by atoms with van der Waals surface area (Å²) in [5.41, 5.74) is 3.20. The van der Waals surface area contributed by atoms with Crippen LogP contribution in [0.25, 0.3) is 0 Å². The van der Waals surface area contributed by atoms with Crippen LogP contribution in [0.5, 0.6) is 0 Å². The highest BCUT2D eigenvalue weighted by Crippen LogP contribution is 2.21. The van der Waals surface area contributed by atoms with Crippen molar-refractivity contribution in [1.82, 2.24) is 5.32 Å². The fraction of sp³-hybridized carbons (Fsp3) is 0.381. The molecule has 138 valence electrons. The van der Waals surface area contributed by atoms with Gasteiger partial charge in [0.25, 0.3) is 0 Å². The maximum absolute atomic E-state index is 12.8. The zero-order valence-corrected chi connectivity index (χ0v) is 15.0. The van der Waals surface area contributed by atoms with Crippen LogP contribution in [-0.4, -0.2) is 32.1 Å². The van der Waals surface area contributed by atoms with Gasteiger partial charge >= 0.3 is 0 Å². The Kier molecular flexibility index (Phi) is 6.47. The fourth-order valence-corrected chi connectivity index (χ4v) is 3.18. The van der Waals surface area contributed by atoms with Crippen molar-refractivity contribution in [3.63, 3.8) is 0 Å². The number of carbonyl (C=O) groups is 1. The Bertz CT molecular complexity index is 694. The molecule has 1 fully saturated rings. The summed E-state index contributed by atoms with van der Waals surface area (Å²) in [4.78, 5) is 14.3. The van der Waals surface area contributed by atoms with E-state index in [2.05, 4.69) is 27.7 Å². The van der Waals surface area contributed by atoms with E-state index in [4.69, 9.17) is 0 Å². The van der Waals surface area contributed by atoms with Gasteiger partial charge in [0.1, 0.15) is 5.82 Å². The summed E-state index contributed by atoms with van der Waals surface area (Å²) >= 11 is 0. The minimum atomic E-state index is -0.242. The number of nitrogens with one attached hydrogen (secondary N) is 2. The number of hydrogen-bond donors (Lipinski definition) is 2. The Morgan fingerprint density at radius 1 is 0.962 bits per heavy atom. The van der Waals surface area contributed by atoms with Crippen LogP contribution in [0.1, 0.15) is 24.8 Å². The molecule has 1 amide bonds. The maximum atomic E-state index is 12.8. The van der Waals surface area contributed by atoms with Crippen LogP contribution in [-0.2, 0) is 11.2 Å². The average Bonchev–Trinajstić information content (AvgIpc) is 2.69. The first-order valence-electron chi connectivity index (χ1n) is 9.31. The van der Waals surface area contributed by atoms with E-state index in [0.29, 0.717) is 13.0 Å². The van der Waals surface area contributed by atoms with Crippen molar-refractivity contribution in [2.75, 3.05) is 36.4 Å². The standard InChI is InChI=1S/C21H26FN3O/c22-18-6-4-17(5-7-18)12-13-23-21(26)16-24-19-8-10-20(11-9-19)25-14-2-1-3-15-25/h4-11,24H,1-3,12-16H2,(H,23,26). The maximum Gasteiger partial charge on any atom is 0.239 e. The minimum Gasteiger partial charge on any atom is -0.376 e. The quantitative estimate of drug-likeness (QED) is 0.798. The third kappa shape index (κ3) is 5.48. The average molecular weight is 355 g/mol. The Labute approximate surface area is 154 Å². The predicted molar refractivity (Wildman–Crippen MR) is 104 cm³/mol. The van der Waals surface area contributed by atoms with Gasteiger partial charge in [-0.15, -0.1) is 0 Å². The predicted octanol–water partition coefficient (Wildman–Crippen LogP) is 3.59. The van der Waals surface area contributed by atoms with Crippen LogP contribution in [0.3, 0.4) is 0 Å². The van der Waals surface area contributed by atoms with Gasteiger partial charge in [-0.2, -0.15) is 0 Å². The van der Waals surface area contributed by atoms with Gasteiger partial charge < -0.3 is 15.5 Å². The minimum absolute atomic E-state index is 0.0489. The molecule has 2 N–H and O–H groups in total. The molecule has 2 aromatic rings. The van der Waals surface area contributed by atoms with Gasteiger partial charge in [0.2, 0.25) is 5.91 Å². The van der Waals surface area contributed by atoms with Gasteiger partial charge in [0, 0.05) is 31.0 Å². The van der Waals surface area contributed by atoms with Gasteiger partial charge in [-0.1, -0.05) is 12.1 Å². The monoisotopic (exact) mass is 355 g/mol. The second-order valence-electron chi connectivity index (χ2n) is 6.67. The van der Waals surface area contributed by atoms with Crippen molar-refractivity contribution in [3.8, 4) is 0 Å². The number of nitrogens with zero attached hydrogens (tertiary/aromatic N) is 1. The molecule has 0 bridgehead atoms. The SMILES string of the molecule is O=C(CNc1ccc(N2CCCCC2)cc1)NCCc1ccc(F)cc1. The first-order chi connectivity index (χ1) is 12.7. The number of rotatable bonds is 7. The molecule has 3 rings (SSSR count). The van der Waals surface area contributed by atoms with Gasteiger partial charge in [-0.05, 0) is 67.6 Å². The molecule has 0 spiro atoms. The molecule has 2 aromatic carbocycles. The zero-order chi connectivity index (χ0) is 18.2. The van der Waals surface area contributed by atoms with Crippen LogP contribution in [0.2, 0.25) is 0 Å². The summed E-state index contributed by atoms with van der Waals surface area (Å²) in [5.74, 6) is -0.291. The summed E-state index contributed by atoms with van der Waals surface area (Å²) in [6.45, 7) is 3.04. The molecule has 4 nitrogen and oxygen atoms in total. The molecule has 26 heavy (non-hydrogen) atoms. The van der Waals surface area contributed by atoms with Crippen LogP contribution >= 0.6 is 0 Å². The number of carbonyl (C=O) groups excluding carboxylic acids is 1. The highest BCUT2D eigenvalue weighted by atomic mass is 19.1. The van der Waals surface area contributed by atoms with E-state index in [1.165, 1.54) is 37.1 Å². The molecule has 1 saturated heterocycles. The molecule has 0 aromatic heterocycles. The molecular formula is C21H26FN3O. The summed E-state index contributed by atoms with van der Waals surface area (Å²) < 4.78 is 12.8. The van der Waals surface area contributed by atoms with Crippen molar-refractivity contribution in [2.24, 2.45) is 0 Å². The molecule has 0 radical (unpaired) electrons. The number of hydrogen-bond acceptors (Lipinski definition) is 3. The smallest absolute Gasteiger partial charge is 0.239 e. The number of amides is 1. The van der Waals surface area contributed by atoms with Crippen molar-refractivity contribution in [3.05, 3.63) is 59.9 Å². The number of halogens is 1. The third-order valence-corrected chi connectivity index (χ3v) is 4.69. The lowest BCUT2D eigenvalue weighted by Crippen LogP contribution is -2.31. The van der Waals surface area contributed by atoms with Crippen LogP contribution in [0, 0.1) is 5.82 Å². The summed E-state index contributed by atoms with van der Waals surface area (Å²) in [7, 11) is 0. The topological polar surface area (TPSA) is 44.4 Å². The highest BCUT2D eigenvalue weighted by molar-refractivity contribution is 5.80. The van der Waals surface area contributed by atoms with E-state index in [1.807, 2.05) is 12.1 Å². The van der Waals surface area contributed by atoms with Gasteiger partial charge in [0.15, 0.2) is 0 Å². The first kappa shape index (κ1) is 18.2. The third-order valence-electron chi connectivity index (χ3n) is 4.69. The molecule has 0 saturated carbocycles. The van der Waals surface area contributed by atoms with Gasteiger partial charge in [-0.25, -0.2) is 4.39 Å². The van der Waals surface area contributed by atoms with E-state index in [-0.39, 0.29) is 18.3 Å². The van der Waals surface area contributed by atoms with E-state index >= 15 is 0 Å². The Morgan fingerprint density at radius 3 is 2.35 bits per heavy atom. The molecular weight excluding hydrogens is 329 g/mol. The van der Waals surface area contributed by atoms with Gasteiger partial charge in [0.05, 0.1) is 6.54 Å². The van der Waals surface area contributed by atoms with E-state index in [1.54, 1.807) is 12.1 Å². The second kappa shape index (κ2) is 9.22. The lowest BCUT2D eigenvalue weighted by molar-refractivity contribution is -0.119. The lowest BCUT2D eigenvalue weighted by Gasteiger charge is -2.28. The molecule has 0 atom stereocenters. The van der Waals surface area contributed by atoms with E-state index < -0.39 is 0 Å². The van der Waals surface area contributed by atoms with Gasteiger partial charge in [-0.3, -0.25) is 4.79 Å². The number of anilines is 2. The van der Waals surface area contributed by atoms with Crippen molar-refractivity contribution in [1.29, 1.82) is 0 Å². The largest absolute Gasteiger partial charge is 0.376 e. The summed E-state index contributed by atoms with van der Waals surface area (Å²) in [6.07, 6.45) is 4.54. The molecule has 0 aliphatic carbocycles. The second-order valence-corrected chi connectivity index (χ2v) is 6.67. The molecule has 5 heteroatoms. The lowest BCUT2D eigenvalue weighted by atomic mass is 10.1. The van der Waals surface area contributed by atoms with Crippen molar-refractivity contribution >= 4 is 17.3 Å². The summed E-state index contributed by atoms with van der Waals surface area (Å²) in [5, 5.41) is 6.03. The van der Waals surface area contributed by atoms with Crippen LogP contribution in [0.15, 0.2) is 48.5 Å². The first-order valence-corrected chi connectivity index (χ1v) is 9.31. The zero-order valence-electron chi connectivity index (χ0n) is 15.0. The van der Waals surface area contributed by atoms with Crippen LogP contribution in [0.4, 0.5) is 15.8 Å². The Balaban J connectivity index is 1.37. The van der Waals surface area contributed by atoms with Crippen molar-refractivity contribution in [2.45, 2.75) is 25.7 Å². The molecule has 1 aliphatic heterocycles. The fourth-order valence-electron chi connectivity index (χ4n) is 3.18. The van der Waals surface area contributed by atoms with E-state index in [0.717, 1.165) is 24.3 Å². The Morgan fingerprint density at radius 2 is 1.65 bits per heavy atom. The van der Waals surface area contributed by atoms with Crippen molar-refractivity contribution < 1.29 is 9.18 Å². The Hall–Kier alpha value is -2.56. The normalized spacial score (nSPS) is 14.1. The van der Waals surface area contributed by atoms with Crippen LogP contribution < -0.4 is 15.5 Å². The number of benzene rings is 2. The highest BCUT2D eigenvalue weighted by Gasteiger charge is 2.10. The molecule has 0 unspecified atom stereocenters.